The minimum atomic E-state index is -0.297. The molecule has 0 radical (unpaired) electrons. The molecule has 2 amide bonds. The summed E-state index contributed by atoms with van der Waals surface area (Å²) >= 11 is 0. The minimum absolute atomic E-state index is 0.0501. The number of hydrogen-bond acceptors (Lipinski definition) is 4. The topological polar surface area (TPSA) is 70.4 Å². The third kappa shape index (κ3) is 1.59. The Balaban J connectivity index is 2.64. The highest BCUT2D eigenvalue weighted by Gasteiger charge is 2.32. The molecular weight excluding hydrogens is 184 g/mol. The molecule has 0 saturated heterocycles. The number of amides is 2. The normalized spacial score (nSPS) is 16.2. The lowest BCUT2D eigenvalue weighted by Gasteiger charge is -2.12. The van der Waals surface area contributed by atoms with Crippen molar-refractivity contribution in [2.24, 2.45) is 0 Å². The number of nitrogens with zero attached hydrogens (tertiary/aromatic N) is 2. The number of ether oxygens (including phenoxy) is 1. The Labute approximate surface area is 81.6 Å². The van der Waals surface area contributed by atoms with E-state index in [2.05, 4.69) is 4.74 Å². The van der Waals surface area contributed by atoms with Gasteiger partial charge in [0, 0.05) is 11.1 Å². The van der Waals surface area contributed by atoms with Crippen molar-refractivity contribution in [2.45, 2.75) is 13.8 Å². The summed E-state index contributed by atoms with van der Waals surface area (Å²) in [5.41, 5.74) is 0.930. The average Bonchev–Trinajstić information content (AvgIpc) is 2.35. The Morgan fingerprint density at radius 3 is 2.21 bits per heavy atom. The van der Waals surface area contributed by atoms with Crippen LogP contribution >= 0.6 is 0 Å². The summed E-state index contributed by atoms with van der Waals surface area (Å²) in [5.74, 6) is -0.594. The van der Waals surface area contributed by atoms with Crippen LogP contribution in [0.1, 0.15) is 13.8 Å². The van der Waals surface area contributed by atoms with Gasteiger partial charge < -0.3 is 4.74 Å². The van der Waals surface area contributed by atoms with E-state index in [1.807, 2.05) is 0 Å². The SMILES string of the molecule is CC1=C(C)C(=O)N(CCOC#N)C1=O. The second kappa shape index (κ2) is 3.92. The van der Waals surface area contributed by atoms with Gasteiger partial charge in [-0.25, -0.2) is 0 Å². The maximum atomic E-state index is 11.4. The summed E-state index contributed by atoms with van der Waals surface area (Å²) in [6.07, 6.45) is 1.48. The van der Waals surface area contributed by atoms with Crippen molar-refractivity contribution < 1.29 is 14.3 Å². The average molecular weight is 194 g/mol. The fourth-order valence-electron chi connectivity index (χ4n) is 1.20. The third-order valence-electron chi connectivity index (χ3n) is 2.18. The van der Waals surface area contributed by atoms with Crippen molar-refractivity contribution in [1.82, 2.24) is 4.90 Å². The molecular formula is C9H10N2O3. The highest BCUT2D eigenvalue weighted by Crippen LogP contribution is 2.18. The Bertz CT molecular complexity index is 328. The Hall–Kier alpha value is -1.83. The van der Waals surface area contributed by atoms with Crippen LogP contribution in [0, 0.1) is 11.5 Å². The number of carbonyl (C=O) groups excluding carboxylic acids is 2. The van der Waals surface area contributed by atoms with Crippen molar-refractivity contribution in [3.8, 4) is 6.26 Å². The summed E-state index contributed by atoms with van der Waals surface area (Å²) in [7, 11) is 0. The predicted molar refractivity (Wildman–Crippen MR) is 46.7 cm³/mol. The van der Waals surface area contributed by atoms with Crippen LogP contribution in [0.5, 0.6) is 0 Å². The highest BCUT2D eigenvalue weighted by molar-refractivity contribution is 6.18. The Morgan fingerprint density at radius 2 is 1.79 bits per heavy atom. The maximum Gasteiger partial charge on any atom is 0.286 e. The predicted octanol–water partition coefficient (Wildman–Crippen LogP) is 0.189. The van der Waals surface area contributed by atoms with E-state index in [1.54, 1.807) is 13.8 Å². The number of hydrogen-bond donors (Lipinski definition) is 0. The van der Waals surface area contributed by atoms with Gasteiger partial charge >= 0.3 is 0 Å². The van der Waals surface area contributed by atoms with Crippen molar-refractivity contribution >= 4 is 11.8 Å². The quantitative estimate of drug-likeness (QED) is 0.365. The first-order valence-corrected chi connectivity index (χ1v) is 4.14. The first kappa shape index (κ1) is 10.3. The summed E-state index contributed by atoms with van der Waals surface area (Å²) in [5, 5.41) is 8.10. The molecule has 14 heavy (non-hydrogen) atoms. The van der Waals surface area contributed by atoms with Crippen molar-refractivity contribution in [1.29, 1.82) is 5.26 Å². The summed E-state index contributed by atoms with van der Waals surface area (Å²) in [6, 6.07) is 0. The number of carbonyl (C=O) groups is 2. The zero-order valence-electron chi connectivity index (χ0n) is 8.03. The van der Waals surface area contributed by atoms with Crippen LogP contribution in [-0.4, -0.2) is 29.9 Å². The summed E-state index contributed by atoms with van der Waals surface area (Å²) in [4.78, 5) is 23.9. The van der Waals surface area contributed by atoms with Crippen LogP contribution in [-0.2, 0) is 14.3 Å². The number of rotatable bonds is 3. The van der Waals surface area contributed by atoms with Gasteiger partial charge in [-0.3, -0.25) is 14.5 Å². The van der Waals surface area contributed by atoms with E-state index in [9.17, 15) is 9.59 Å². The van der Waals surface area contributed by atoms with E-state index >= 15 is 0 Å². The molecule has 0 unspecified atom stereocenters. The van der Waals surface area contributed by atoms with Gasteiger partial charge in [0.25, 0.3) is 18.1 Å². The largest absolute Gasteiger partial charge is 0.426 e. The highest BCUT2D eigenvalue weighted by atomic mass is 16.5. The van der Waals surface area contributed by atoms with Crippen LogP contribution in [0.3, 0.4) is 0 Å². The first-order chi connectivity index (χ1) is 6.59. The molecule has 0 spiro atoms. The lowest BCUT2D eigenvalue weighted by Crippen LogP contribution is -2.34. The lowest BCUT2D eigenvalue weighted by atomic mass is 10.2. The third-order valence-corrected chi connectivity index (χ3v) is 2.18. The van der Waals surface area contributed by atoms with E-state index in [1.165, 1.54) is 6.26 Å². The number of nitriles is 1. The molecule has 0 saturated carbocycles. The summed E-state index contributed by atoms with van der Waals surface area (Å²) in [6.45, 7) is 3.40. The fourth-order valence-corrected chi connectivity index (χ4v) is 1.20. The van der Waals surface area contributed by atoms with E-state index in [4.69, 9.17) is 5.26 Å². The maximum absolute atomic E-state index is 11.4. The second-order valence-electron chi connectivity index (χ2n) is 2.95. The molecule has 74 valence electrons. The zero-order chi connectivity index (χ0) is 10.7. The van der Waals surface area contributed by atoms with Crippen molar-refractivity contribution in [3.05, 3.63) is 11.1 Å². The molecule has 5 heteroatoms. The number of imide groups is 1. The van der Waals surface area contributed by atoms with Gasteiger partial charge in [0.15, 0.2) is 0 Å². The van der Waals surface area contributed by atoms with Gasteiger partial charge in [-0.1, -0.05) is 0 Å². The second-order valence-corrected chi connectivity index (χ2v) is 2.95. The van der Waals surface area contributed by atoms with Crippen LogP contribution < -0.4 is 0 Å². The van der Waals surface area contributed by atoms with Crippen LogP contribution in [0.2, 0.25) is 0 Å². The van der Waals surface area contributed by atoms with Crippen molar-refractivity contribution in [2.75, 3.05) is 13.2 Å². The molecule has 0 aliphatic carbocycles. The van der Waals surface area contributed by atoms with Gasteiger partial charge in [-0.2, -0.15) is 5.26 Å². The molecule has 1 rings (SSSR count). The van der Waals surface area contributed by atoms with E-state index < -0.39 is 0 Å². The molecule has 0 aromatic heterocycles. The molecule has 0 fully saturated rings. The molecule has 1 heterocycles. The fraction of sp³-hybridized carbons (Fsp3) is 0.444. The molecule has 0 atom stereocenters. The van der Waals surface area contributed by atoms with E-state index in [0.29, 0.717) is 11.1 Å². The van der Waals surface area contributed by atoms with Crippen LogP contribution in [0.25, 0.3) is 0 Å². The first-order valence-electron chi connectivity index (χ1n) is 4.14. The van der Waals surface area contributed by atoms with Gasteiger partial charge in [0.1, 0.15) is 6.61 Å². The van der Waals surface area contributed by atoms with Crippen LogP contribution in [0.4, 0.5) is 0 Å². The summed E-state index contributed by atoms with van der Waals surface area (Å²) < 4.78 is 4.40. The minimum Gasteiger partial charge on any atom is -0.426 e. The zero-order valence-corrected chi connectivity index (χ0v) is 8.03. The molecule has 0 aromatic carbocycles. The van der Waals surface area contributed by atoms with Gasteiger partial charge in [-0.15, -0.1) is 0 Å². The lowest BCUT2D eigenvalue weighted by molar-refractivity contribution is -0.138. The standard InChI is InChI=1S/C9H10N2O3/c1-6-7(2)9(13)11(8(6)12)3-4-14-5-10/h3-4H2,1-2H3. The van der Waals surface area contributed by atoms with Crippen LogP contribution in [0.15, 0.2) is 11.1 Å². The Kier molecular flexibility index (Phi) is 2.87. The van der Waals surface area contributed by atoms with E-state index in [0.717, 1.165) is 4.90 Å². The molecule has 0 bridgehead atoms. The van der Waals surface area contributed by atoms with Crippen molar-refractivity contribution in [3.63, 3.8) is 0 Å². The van der Waals surface area contributed by atoms with Gasteiger partial charge in [-0.05, 0) is 13.8 Å². The molecule has 1 aliphatic rings. The molecule has 0 N–H and O–H groups in total. The smallest absolute Gasteiger partial charge is 0.286 e. The molecule has 5 nitrogen and oxygen atoms in total. The molecule has 0 aromatic rings. The van der Waals surface area contributed by atoms with E-state index in [-0.39, 0.29) is 25.0 Å². The van der Waals surface area contributed by atoms with Gasteiger partial charge in [0.05, 0.1) is 6.54 Å². The Morgan fingerprint density at radius 1 is 1.29 bits per heavy atom. The monoisotopic (exact) mass is 194 g/mol. The molecule has 1 aliphatic heterocycles. The van der Waals surface area contributed by atoms with Gasteiger partial charge in [0.2, 0.25) is 0 Å².